The lowest BCUT2D eigenvalue weighted by Gasteiger charge is -2.55. The number of ether oxygens (including phenoxy) is 5. The van der Waals surface area contributed by atoms with Crippen molar-refractivity contribution >= 4 is 41.5 Å². The summed E-state index contributed by atoms with van der Waals surface area (Å²) in [5, 5.41) is 24.5. The summed E-state index contributed by atoms with van der Waals surface area (Å²) in [4.78, 5) is 62.6. The van der Waals surface area contributed by atoms with E-state index < -0.39 is 89.3 Å². The first-order chi connectivity index (χ1) is 24.9. The van der Waals surface area contributed by atoms with Crippen molar-refractivity contribution in [1.82, 2.24) is 4.90 Å². The Morgan fingerprint density at radius 1 is 1.06 bits per heavy atom. The van der Waals surface area contributed by atoms with Crippen LogP contribution < -0.4 is 5.06 Å². The molecule has 300 valence electrons. The number of anilines is 1. The van der Waals surface area contributed by atoms with Gasteiger partial charge in [-0.2, -0.15) is 0 Å². The molecule has 15 heteroatoms. The van der Waals surface area contributed by atoms with Crippen LogP contribution in [0, 0.1) is 23.7 Å². The van der Waals surface area contributed by atoms with Crippen LogP contribution in [0.3, 0.4) is 0 Å². The number of carbonyl (C=O) groups is 4. The molecule has 1 aromatic carbocycles. The van der Waals surface area contributed by atoms with E-state index in [1.54, 1.807) is 73.7 Å². The fourth-order valence-electron chi connectivity index (χ4n) is 8.51. The minimum absolute atomic E-state index is 0.121. The molecule has 0 aromatic heterocycles. The third kappa shape index (κ3) is 7.63. The summed E-state index contributed by atoms with van der Waals surface area (Å²) in [7, 11) is 1.56. The van der Waals surface area contributed by atoms with Crippen LogP contribution in [0.5, 0.6) is 0 Å². The minimum atomic E-state index is -1.88. The maximum Gasteiger partial charge on any atom is 0.509 e. The van der Waals surface area contributed by atoms with Gasteiger partial charge in [-0.05, 0) is 90.7 Å². The number of hydroxylamine groups is 1. The number of likely N-dealkylation sites (tertiary alicyclic amines) is 1. The molecule has 2 aliphatic carbocycles. The van der Waals surface area contributed by atoms with Crippen molar-refractivity contribution in [2.75, 3.05) is 18.7 Å². The normalized spacial score (nSPS) is 32.6. The Labute approximate surface area is 321 Å². The van der Waals surface area contributed by atoms with Crippen molar-refractivity contribution in [3.05, 3.63) is 40.4 Å². The number of fused-ring (bicyclic) bond motifs is 4. The van der Waals surface area contributed by atoms with E-state index in [9.17, 15) is 29.4 Å². The average Bonchev–Trinajstić information content (AvgIpc) is 3.37. The number of amides is 1. The highest BCUT2D eigenvalue weighted by Crippen LogP contribution is 2.55. The van der Waals surface area contributed by atoms with Gasteiger partial charge in [0.05, 0.1) is 10.7 Å². The Kier molecular flexibility index (Phi) is 11.4. The second-order valence-electron chi connectivity index (χ2n) is 17.2. The zero-order chi connectivity index (χ0) is 40.3. The highest BCUT2D eigenvalue weighted by molar-refractivity contribution is 6.33. The number of hydrogen-bond donors (Lipinski definition) is 2. The summed E-state index contributed by atoms with van der Waals surface area (Å²) >= 11 is 6.68. The Balaban J connectivity index is 1.66. The van der Waals surface area contributed by atoms with Gasteiger partial charge in [0.25, 0.3) is 0 Å². The molecule has 4 aliphatic rings. The van der Waals surface area contributed by atoms with Crippen LogP contribution in [-0.4, -0.2) is 94.2 Å². The van der Waals surface area contributed by atoms with Gasteiger partial charge >= 0.3 is 24.2 Å². The van der Waals surface area contributed by atoms with Crippen LogP contribution >= 0.6 is 11.6 Å². The van der Waals surface area contributed by atoms with Crippen LogP contribution in [0.1, 0.15) is 94.1 Å². The Bertz CT molecular complexity index is 1670. The van der Waals surface area contributed by atoms with Crippen LogP contribution in [0.4, 0.5) is 15.3 Å². The van der Waals surface area contributed by atoms with E-state index in [1.165, 1.54) is 12.0 Å². The molecule has 2 fully saturated rings. The predicted octanol–water partition coefficient (Wildman–Crippen LogP) is 6.03. The number of aliphatic hydroxyl groups is 2. The number of para-hydroxylation sites is 1. The lowest BCUT2D eigenvalue weighted by molar-refractivity contribution is -0.227. The van der Waals surface area contributed by atoms with Crippen molar-refractivity contribution in [2.45, 2.75) is 135 Å². The molecule has 1 saturated carbocycles. The molecule has 0 bridgehead atoms. The summed E-state index contributed by atoms with van der Waals surface area (Å²) in [5.74, 6) is -3.05. The third-order valence-corrected chi connectivity index (χ3v) is 11.2. The zero-order valence-corrected chi connectivity index (χ0v) is 33.8. The van der Waals surface area contributed by atoms with Gasteiger partial charge < -0.3 is 33.9 Å². The van der Waals surface area contributed by atoms with E-state index in [2.05, 4.69) is 0 Å². The standard InChI is InChI=1S/C39H55ClN2O12/c1-20-17-26-24(21(2)19-43)16-15-22(3)39(26,48)31(30(20)49-23(4)44)50-32(45)28-18-38(53-35(47)52-37(8,9)10)25-13-12-14-27(40)29(25)41(11)54-33(38)42(28)34(46)51-36(5,6)7/h12-14,17,21-22,24,26,28,30-31,33,43,48H,15-16,18-19H2,1-11H3/t21?,22-,24+,26-,28+,30-,31+,33-,38-,39-/m1/s1. The second-order valence-corrected chi connectivity index (χ2v) is 17.6. The summed E-state index contributed by atoms with van der Waals surface area (Å²) in [6.45, 7) is 16.6. The molecule has 1 saturated heterocycles. The van der Waals surface area contributed by atoms with Crippen LogP contribution in [0.15, 0.2) is 29.8 Å². The monoisotopic (exact) mass is 778 g/mol. The summed E-state index contributed by atoms with van der Waals surface area (Å²) in [6.07, 6.45) is -3.46. The van der Waals surface area contributed by atoms with Gasteiger partial charge in [-0.3, -0.25) is 14.8 Å². The smallest absolute Gasteiger partial charge is 0.454 e. The first-order valence-corrected chi connectivity index (χ1v) is 18.8. The molecular weight excluding hydrogens is 724 g/mol. The number of nitrogens with zero attached hydrogens (tertiary/aromatic N) is 2. The fraction of sp³-hybridized carbons (Fsp3) is 0.692. The summed E-state index contributed by atoms with van der Waals surface area (Å²) in [6, 6.07) is 3.38. The molecule has 2 N–H and O–H groups in total. The first kappa shape index (κ1) is 41.6. The number of benzene rings is 1. The molecule has 1 aromatic rings. The Hall–Kier alpha value is -3.59. The summed E-state index contributed by atoms with van der Waals surface area (Å²) in [5.41, 5.74) is -4.41. The third-order valence-electron chi connectivity index (χ3n) is 10.9. The largest absolute Gasteiger partial charge is 0.509 e. The maximum absolute atomic E-state index is 14.9. The molecule has 2 aliphatic heterocycles. The van der Waals surface area contributed by atoms with Gasteiger partial charge in [-0.15, -0.1) is 0 Å². The van der Waals surface area contributed by atoms with E-state index in [4.69, 9.17) is 40.1 Å². The van der Waals surface area contributed by atoms with Crippen LogP contribution in [0.2, 0.25) is 5.02 Å². The maximum atomic E-state index is 14.9. The Morgan fingerprint density at radius 2 is 1.70 bits per heavy atom. The molecule has 10 atom stereocenters. The number of aliphatic hydroxyl groups excluding tert-OH is 1. The van der Waals surface area contributed by atoms with Gasteiger partial charge in [0.15, 0.2) is 17.8 Å². The number of hydrogen-bond acceptors (Lipinski definition) is 13. The highest BCUT2D eigenvalue weighted by atomic mass is 35.5. The molecular formula is C39H55ClN2O12. The second kappa shape index (κ2) is 14.8. The first-order valence-electron chi connectivity index (χ1n) is 18.5. The number of rotatable bonds is 6. The van der Waals surface area contributed by atoms with Crippen molar-refractivity contribution in [1.29, 1.82) is 0 Å². The average molecular weight is 779 g/mol. The predicted molar refractivity (Wildman–Crippen MR) is 196 cm³/mol. The lowest BCUT2D eigenvalue weighted by atomic mass is 9.55. The highest BCUT2D eigenvalue weighted by Gasteiger charge is 2.67. The van der Waals surface area contributed by atoms with Gasteiger partial charge in [0, 0.05) is 38.5 Å². The van der Waals surface area contributed by atoms with Gasteiger partial charge in [0.1, 0.15) is 22.8 Å². The zero-order valence-electron chi connectivity index (χ0n) is 33.0. The van der Waals surface area contributed by atoms with E-state index in [0.717, 1.165) is 4.90 Å². The van der Waals surface area contributed by atoms with E-state index in [1.807, 2.05) is 19.9 Å². The molecule has 54 heavy (non-hydrogen) atoms. The quantitative estimate of drug-likeness (QED) is 0.195. The van der Waals surface area contributed by atoms with Crippen molar-refractivity contribution in [3.63, 3.8) is 0 Å². The molecule has 0 spiro atoms. The SMILES string of the molecule is CC(=O)O[C@@H]1C(C)=C[C@@H]2[C@H](C(C)CO)CC[C@@H](C)[C@]2(O)[C@H]1OC(=O)[C@@H]1C[C@@]2(OC(=O)OC(C)(C)C)c3cccc(Cl)c3N(C)O[C@H]2N1C(=O)OC(C)(C)C. The molecule has 1 amide bonds. The van der Waals surface area contributed by atoms with Crippen molar-refractivity contribution in [3.8, 4) is 0 Å². The van der Waals surface area contributed by atoms with E-state index in [0.29, 0.717) is 29.7 Å². The molecule has 2 heterocycles. The van der Waals surface area contributed by atoms with Gasteiger partial charge in [-0.25, -0.2) is 19.2 Å². The molecule has 0 radical (unpaired) electrons. The van der Waals surface area contributed by atoms with Crippen LogP contribution in [-0.2, 0) is 43.7 Å². The topological polar surface area (TPSA) is 171 Å². The molecule has 5 rings (SSSR count). The van der Waals surface area contributed by atoms with Gasteiger partial charge in [0.2, 0.25) is 6.23 Å². The van der Waals surface area contributed by atoms with E-state index in [-0.39, 0.29) is 23.5 Å². The molecule has 14 nitrogen and oxygen atoms in total. The molecule has 1 unspecified atom stereocenters. The fourth-order valence-corrected chi connectivity index (χ4v) is 8.81. The van der Waals surface area contributed by atoms with Crippen molar-refractivity contribution < 1.29 is 57.9 Å². The van der Waals surface area contributed by atoms with Crippen molar-refractivity contribution in [2.24, 2.45) is 23.7 Å². The van der Waals surface area contributed by atoms with Gasteiger partial charge in [-0.1, -0.05) is 43.7 Å². The number of esters is 2. The summed E-state index contributed by atoms with van der Waals surface area (Å²) < 4.78 is 29.7. The number of carbonyl (C=O) groups excluding carboxylic acids is 4. The minimum Gasteiger partial charge on any atom is -0.454 e. The number of halogens is 1. The Morgan fingerprint density at radius 3 is 2.30 bits per heavy atom. The lowest BCUT2D eigenvalue weighted by Crippen LogP contribution is -2.66. The van der Waals surface area contributed by atoms with Crippen LogP contribution in [0.25, 0.3) is 0 Å². The van der Waals surface area contributed by atoms with E-state index >= 15 is 0 Å².